The standard InChI is InChI=1S/C8H8N4O/c9-1-7(2-10)4-13-5-8-3-11-6-12-8/h3,6-7H,4-5H2,(H,11,12). The molecule has 0 atom stereocenters. The van der Waals surface area contributed by atoms with E-state index in [1.807, 2.05) is 12.1 Å². The van der Waals surface area contributed by atoms with Gasteiger partial charge in [0.25, 0.3) is 0 Å². The van der Waals surface area contributed by atoms with E-state index < -0.39 is 5.92 Å². The third kappa shape index (κ3) is 2.94. The molecule has 13 heavy (non-hydrogen) atoms. The summed E-state index contributed by atoms with van der Waals surface area (Å²) in [5.74, 6) is -0.692. The third-order valence-electron chi connectivity index (χ3n) is 1.41. The Labute approximate surface area is 75.6 Å². The number of imidazole rings is 1. The third-order valence-corrected chi connectivity index (χ3v) is 1.41. The minimum Gasteiger partial charge on any atom is -0.373 e. The fourth-order valence-electron chi connectivity index (χ4n) is 0.754. The van der Waals surface area contributed by atoms with Gasteiger partial charge < -0.3 is 9.72 Å². The second-order valence-corrected chi connectivity index (χ2v) is 2.40. The minimum atomic E-state index is -0.692. The van der Waals surface area contributed by atoms with E-state index in [9.17, 15) is 0 Å². The number of hydrogen-bond donors (Lipinski definition) is 1. The molecule has 0 amide bonds. The first-order valence-corrected chi connectivity index (χ1v) is 3.71. The van der Waals surface area contributed by atoms with Crippen LogP contribution >= 0.6 is 0 Å². The molecule has 0 spiro atoms. The van der Waals surface area contributed by atoms with Crippen molar-refractivity contribution in [2.24, 2.45) is 5.92 Å². The van der Waals surface area contributed by atoms with Gasteiger partial charge in [-0.05, 0) is 0 Å². The quantitative estimate of drug-likeness (QED) is 0.727. The molecule has 1 rings (SSSR count). The largest absolute Gasteiger partial charge is 0.373 e. The molecular weight excluding hydrogens is 168 g/mol. The maximum absolute atomic E-state index is 8.41. The average Bonchev–Trinajstić information content (AvgIpc) is 2.65. The van der Waals surface area contributed by atoms with Crippen molar-refractivity contribution in [2.45, 2.75) is 6.61 Å². The van der Waals surface area contributed by atoms with Gasteiger partial charge >= 0.3 is 0 Å². The molecule has 0 bridgehead atoms. The van der Waals surface area contributed by atoms with Gasteiger partial charge in [-0.1, -0.05) is 0 Å². The average molecular weight is 176 g/mol. The molecule has 5 heteroatoms. The molecule has 66 valence electrons. The van der Waals surface area contributed by atoms with Crippen molar-refractivity contribution >= 4 is 0 Å². The van der Waals surface area contributed by atoms with E-state index in [4.69, 9.17) is 15.3 Å². The van der Waals surface area contributed by atoms with Gasteiger partial charge in [-0.15, -0.1) is 0 Å². The molecule has 0 saturated heterocycles. The number of aromatic amines is 1. The predicted octanol–water partition coefficient (Wildman–Crippen LogP) is 0.590. The molecule has 1 aromatic heterocycles. The number of rotatable bonds is 4. The SMILES string of the molecule is N#CC(C#N)COCc1cnc[nH]1. The van der Waals surface area contributed by atoms with Gasteiger partial charge in [-0.3, -0.25) is 0 Å². The fourth-order valence-corrected chi connectivity index (χ4v) is 0.754. The lowest BCUT2D eigenvalue weighted by Crippen LogP contribution is -2.05. The monoisotopic (exact) mass is 176 g/mol. The van der Waals surface area contributed by atoms with Crippen LogP contribution in [0.2, 0.25) is 0 Å². The topological polar surface area (TPSA) is 85.5 Å². The van der Waals surface area contributed by atoms with Gasteiger partial charge in [0.15, 0.2) is 5.92 Å². The van der Waals surface area contributed by atoms with Crippen LogP contribution in [0.3, 0.4) is 0 Å². The number of nitrogens with one attached hydrogen (secondary N) is 1. The highest BCUT2D eigenvalue weighted by molar-refractivity contribution is 4.99. The zero-order valence-corrected chi connectivity index (χ0v) is 6.90. The molecule has 0 fully saturated rings. The van der Waals surface area contributed by atoms with Crippen LogP contribution in [0.15, 0.2) is 12.5 Å². The van der Waals surface area contributed by atoms with Crippen molar-refractivity contribution in [1.82, 2.24) is 9.97 Å². The van der Waals surface area contributed by atoms with Crippen molar-refractivity contribution in [3.63, 3.8) is 0 Å². The van der Waals surface area contributed by atoms with E-state index in [-0.39, 0.29) is 6.61 Å². The lowest BCUT2D eigenvalue weighted by atomic mass is 10.2. The summed E-state index contributed by atoms with van der Waals surface area (Å²) in [6, 6.07) is 3.64. The van der Waals surface area contributed by atoms with Gasteiger partial charge in [0, 0.05) is 0 Å². The predicted molar refractivity (Wildman–Crippen MR) is 43.0 cm³/mol. The molecule has 0 aliphatic heterocycles. The smallest absolute Gasteiger partial charge is 0.156 e. The molecule has 0 saturated carbocycles. The first kappa shape index (κ1) is 9.24. The second kappa shape index (κ2) is 4.91. The normalized spacial score (nSPS) is 9.46. The van der Waals surface area contributed by atoms with Crippen LogP contribution in [-0.4, -0.2) is 16.6 Å². The summed E-state index contributed by atoms with van der Waals surface area (Å²) in [4.78, 5) is 6.64. The Kier molecular flexibility index (Phi) is 3.49. The molecular formula is C8H8N4O. The lowest BCUT2D eigenvalue weighted by Gasteiger charge is -2.00. The van der Waals surface area contributed by atoms with Gasteiger partial charge in [0.05, 0.1) is 43.6 Å². The zero-order valence-electron chi connectivity index (χ0n) is 6.90. The number of aromatic nitrogens is 2. The molecule has 1 N–H and O–H groups in total. The van der Waals surface area contributed by atoms with E-state index >= 15 is 0 Å². The van der Waals surface area contributed by atoms with Gasteiger partial charge in [0.2, 0.25) is 0 Å². The van der Waals surface area contributed by atoms with Gasteiger partial charge in [0.1, 0.15) is 0 Å². The Balaban J connectivity index is 2.23. The summed E-state index contributed by atoms with van der Waals surface area (Å²) in [5.41, 5.74) is 0.828. The van der Waals surface area contributed by atoms with Crippen molar-refractivity contribution in [1.29, 1.82) is 10.5 Å². The fraction of sp³-hybridized carbons (Fsp3) is 0.375. The first-order chi connectivity index (χ1) is 6.36. The number of nitrogens with zero attached hydrogens (tertiary/aromatic N) is 3. The molecule has 0 aromatic carbocycles. The van der Waals surface area contributed by atoms with Crippen LogP contribution in [0.4, 0.5) is 0 Å². The Morgan fingerprint density at radius 1 is 1.54 bits per heavy atom. The number of nitriles is 2. The van der Waals surface area contributed by atoms with E-state index in [0.717, 1.165) is 5.69 Å². The van der Waals surface area contributed by atoms with E-state index in [0.29, 0.717) is 6.61 Å². The summed E-state index contributed by atoms with van der Waals surface area (Å²) in [6.45, 7) is 0.478. The maximum Gasteiger partial charge on any atom is 0.156 e. The van der Waals surface area contributed by atoms with Crippen molar-refractivity contribution in [2.75, 3.05) is 6.61 Å². The summed E-state index contributed by atoms with van der Waals surface area (Å²) < 4.78 is 5.11. The van der Waals surface area contributed by atoms with Crippen LogP contribution < -0.4 is 0 Å². The van der Waals surface area contributed by atoms with Crippen LogP contribution in [0.5, 0.6) is 0 Å². The van der Waals surface area contributed by atoms with Crippen molar-refractivity contribution in [3.8, 4) is 12.1 Å². The van der Waals surface area contributed by atoms with E-state index in [2.05, 4.69) is 9.97 Å². The number of ether oxygens (including phenoxy) is 1. The zero-order chi connectivity index (χ0) is 9.52. The van der Waals surface area contributed by atoms with Crippen LogP contribution in [0, 0.1) is 28.6 Å². The van der Waals surface area contributed by atoms with E-state index in [1.54, 1.807) is 12.5 Å². The first-order valence-electron chi connectivity index (χ1n) is 3.71. The highest BCUT2D eigenvalue weighted by Gasteiger charge is 2.04. The summed E-state index contributed by atoms with van der Waals surface area (Å²) >= 11 is 0. The minimum absolute atomic E-state index is 0.131. The van der Waals surface area contributed by atoms with Gasteiger partial charge in [-0.2, -0.15) is 10.5 Å². The molecule has 1 heterocycles. The Morgan fingerprint density at radius 2 is 2.31 bits per heavy atom. The van der Waals surface area contributed by atoms with Crippen LogP contribution in [0.1, 0.15) is 5.69 Å². The molecule has 0 radical (unpaired) electrons. The number of hydrogen-bond acceptors (Lipinski definition) is 4. The van der Waals surface area contributed by atoms with Gasteiger partial charge in [-0.25, -0.2) is 4.98 Å². The molecule has 0 aliphatic rings. The lowest BCUT2D eigenvalue weighted by molar-refractivity contribution is 0.110. The van der Waals surface area contributed by atoms with E-state index in [1.165, 1.54) is 0 Å². The summed E-state index contributed by atoms with van der Waals surface area (Å²) in [7, 11) is 0. The molecule has 0 unspecified atom stereocenters. The molecule has 5 nitrogen and oxygen atoms in total. The maximum atomic E-state index is 8.41. The summed E-state index contributed by atoms with van der Waals surface area (Å²) in [6.07, 6.45) is 3.18. The Morgan fingerprint density at radius 3 is 2.85 bits per heavy atom. The Hall–Kier alpha value is -1.85. The highest BCUT2D eigenvalue weighted by atomic mass is 16.5. The molecule has 0 aliphatic carbocycles. The second-order valence-electron chi connectivity index (χ2n) is 2.40. The number of H-pyrrole nitrogens is 1. The highest BCUT2D eigenvalue weighted by Crippen LogP contribution is 1.98. The summed E-state index contributed by atoms with van der Waals surface area (Å²) in [5, 5.41) is 16.8. The van der Waals surface area contributed by atoms with Crippen LogP contribution in [0.25, 0.3) is 0 Å². The van der Waals surface area contributed by atoms with Crippen molar-refractivity contribution in [3.05, 3.63) is 18.2 Å². The Bertz CT molecular complexity index is 305. The van der Waals surface area contributed by atoms with Crippen molar-refractivity contribution < 1.29 is 4.74 Å². The van der Waals surface area contributed by atoms with Crippen LogP contribution in [-0.2, 0) is 11.3 Å². The molecule has 1 aromatic rings.